The second kappa shape index (κ2) is 8.35. The minimum Gasteiger partial charge on any atom is -0.366 e. The van der Waals surface area contributed by atoms with E-state index in [9.17, 15) is 10.1 Å². The summed E-state index contributed by atoms with van der Waals surface area (Å²) in [6, 6.07) is 13.5. The molecular weight excluding hydrogens is 419 g/mol. The van der Waals surface area contributed by atoms with E-state index in [1.54, 1.807) is 11.1 Å². The number of fused-ring (bicyclic) bond motifs is 1. The molecule has 0 radical (unpaired) electrons. The van der Waals surface area contributed by atoms with E-state index in [4.69, 9.17) is 23.2 Å². The van der Waals surface area contributed by atoms with Crippen molar-refractivity contribution in [3.05, 3.63) is 70.9 Å². The SMILES string of the molecule is C=CC(=O)N1CCN(c2c(C#N)cnc3cc(Cl)c(-c4ccc(Cl)cc4)cc23)CC1. The first-order chi connectivity index (χ1) is 14.5. The Morgan fingerprint density at radius 2 is 1.83 bits per heavy atom. The van der Waals surface area contributed by atoms with Crippen molar-refractivity contribution in [3.63, 3.8) is 0 Å². The van der Waals surface area contributed by atoms with Crippen molar-refractivity contribution in [1.82, 2.24) is 9.88 Å². The molecule has 0 bridgehead atoms. The van der Waals surface area contributed by atoms with Crippen molar-refractivity contribution in [3.8, 4) is 17.2 Å². The molecule has 0 unspecified atom stereocenters. The van der Waals surface area contributed by atoms with Crippen molar-refractivity contribution >= 4 is 45.7 Å². The molecule has 150 valence electrons. The second-order valence-electron chi connectivity index (χ2n) is 7.00. The van der Waals surface area contributed by atoms with E-state index in [0.29, 0.717) is 41.8 Å². The Morgan fingerprint density at radius 3 is 2.47 bits per heavy atom. The maximum Gasteiger partial charge on any atom is 0.246 e. The lowest BCUT2D eigenvalue weighted by Gasteiger charge is -2.36. The summed E-state index contributed by atoms with van der Waals surface area (Å²) in [5, 5.41) is 11.8. The molecule has 5 nitrogen and oxygen atoms in total. The van der Waals surface area contributed by atoms with Gasteiger partial charge in [-0.25, -0.2) is 0 Å². The molecule has 7 heteroatoms. The summed E-state index contributed by atoms with van der Waals surface area (Å²) in [5.74, 6) is -0.0773. The van der Waals surface area contributed by atoms with Crippen molar-refractivity contribution in [2.75, 3.05) is 31.1 Å². The Kier molecular flexibility index (Phi) is 5.63. The van der Waals surface area contributed by atoms with Crippen molar-refractivity contribution < 1.29 is 4.79 Å². The summed E-state index contributed by atoms with van der Waals surface area (Å²) in [6.07, 6.45) is 2.91. The molecule has 0 saturated carbocycles. The summed E-state index contributed by atoms with van der Waals surface area (Å²) in [4.78, 5) is 20.2. The van der Waals surface area contributed by atoms with Crippen LogP contribution in [0.4, 0.5) is 5.69 Å². The summed E-state index contributed by atoms with van der Waals surface area (Å²) in [5.41, 5.74) is 3.81. The number of amides is 1. The maximum atomic E-state index is 11.9. The van der Waals surface area contributed by atoms with Gasteiger partial charge in [0.2, 0.25) is 5.91 Å². The highest BCUT2D eigenvalue weighted by Gasteiger charge is 2.24. The molecule has 1 aliphatic rings. The molecule has 1 fully saturated rings. The molecular formula is C23H18Cl2N4O. The van der Waals surface area contributed by atoms with Gasteiger partial charge < -0.3 is 9.80 Å². The van der Waals surface area contributed by atoms with E-state index in [0.717, 1.165) is 27.7 Å². The van der Waals surface area contributed by atoms with Crippen LogP contribution in [-0.4, -0.2) is 42.0 Å². The van der Waals surface area contributed by atoms with Gasteiger partial charge in [-0.15, -0.1) is 0 Å². The third-order valence-corrected chi connectivity index (χ3v) is 5.85. The van der Waals surface area contributed by atoms with E-state index >= 15 is 0 Å². The molecule has 1 aromatic heterocycles. The van der Waals surface area contributed by atoms with Crippen molar-refractivity contribution in [2.24, 2.45) is 0 Å². The largest absolute Gasteiger partial charge is 0.366 e. The second-order valence-corrected chi connectivity index (χ2v) is 7.85. The lowest BCUT2D eigenvalue weighted by Crippen LogP contribution is -2.48. The molecule has 1 amide bonds. The number of aromatic nitrogens is 1. The zero-order chi connectivity index (χ0) is 21.3. The third-order valence-electron chi connectivity index (χ3n) is 5.29. The van der Waals surface area contributed by atoms with Crippen LogP contribution in [-0.2, 0) is 4.79 Å². The molecule has 0 aliphatic carbocycles. The van der Waals surface area contributed by atoms with Crippen LogP contribution in [0.15, 0.2) is 55.3 Å². The van der Waals surface area contributed by atoms with Gasteiger partial charge in [-0.2, -0.15) is 5.26 Å². The van der Waals surface area contributed by atoms with E-state index in [1.165, 1.54) is 6.08 Å². The van der Waals surface area contributed by atoms with Gasteiger partial charge in [-0.3, -0.25) is 9.78 Å². The molecule has 2 aromatic carbocycles. The molecule has 3 aromatic rings. The summed E-state index contributed by atoms with van der Waals surface area (Å²) in [6.45, 7) is 5.92. The number of nitrogens with zero attached hydrogens (tertiary/aromatic N) is 4. The quantitative estimate of drug-likeness (QED) is 0.546. The number of halogens is 2. The molecule has 1 aliphatic heterocycles. The molecule has 4 rings (SSSR count). The van der Waals surface area contributed by atoms with Crippen LogP contribution in [0.3, 0.4) is 0 Å². The Morgan fingerprint density at radius 1 is 1.13 bits per heavy atom. The first kappa shape index (κ1) is 20.2. The number of pyridine rings is 1. The predicted molar refractivity (Wildman–Crippen MR) is 121 cm³/mol. The zero-order valence-corrected chi connectivity index (χ0v) is 17.6. The van der Waals surface area contributed by atoms with Crippen LogP contribution in [0, 0.1) is 11.3 Å². The number of piperazine rings is 1. The summed E-state index contributed by atoms with van der Waals surface area (Å²) in [7, 11) is 0. The zero-order valence-electron chi connectivity index (χ0n) is 16.1. The van der Waals surface area contributed by atoms with Crippen molar-refractivity contribution in [2.45, 2.75) is 0 Å². The molecule has 1 saturated heterocycles. The number of benzene rings is 2. The van der Waals surface area contributed by atoms with Crippen LogP contribution >= 0.6 is 23.2 Å². The Hall–Kier alpha value is -3.07. The first-order valence-electron chi connectivity index (χ1n) is 9.46. The van der Waals surface area contributed by atoms with Gasteiger partial charge in [-0.1, -0.05) is 41.9 Å². The predicted octanol–water partition coefficient (Wildman–Crippen LogP) is 4.91. The van der Waals surface area contributed by atoms with E-state index in [-0.39, 0.29) is 5.91 Å². The monoisotopic (exact) mass is 436 g/mol. The molecule has 0 N–H and O–H groups in total. The topological polar surface area (TPSA) is 60.2 Å². The van der Waals surface area contributed by atoms with Crippen LogP contribution in [0.25, 0.3) is 22.0 Å². The number of hydrogen-bond acceptors (Lipinski definition) is 4. The smallest absolute Gasteiger partial charge is 0.246 e. The fourth-order valence-corrected chi connectivity index (χ4v) is 4.15. The standard InChI is InChI=1S/C23H18Cl2N4O/c1-2-22(30)28-7-9-29(10-8-28)23-16(13-26)14-27-21-12-20(25)18(11-19(21)23)15-3-5-17(24)6-4-15/h2-6,11-12,14H,1,7-10H2. The van der Waals surface area contributed by atoms with Crippen LogP contribution < -0.4 is 4.90 Å². The van der Waals surface area contributed by atoms with Crippen LogP contribution in [0.2, 0.25) is 10.0 Å². The molecule has 0 spiro atoms. The number of carbonyl (C=O) groups excluding carboxylic acids is 1. The number of nitriles is 1. The molecule has 0 atom stereocenters. The van der Waals surface area contributed by atoms with Gasteiger partial charge >= 0.3 is 0 Å². The van der Waals surface area contributed by atoms with Gasteiger partial charge in [0.25, 0.3) is 0 Å². The van der Waals surface area contributed by atoms with Gasteiger partial charge in [0.15, 0.2) is 0 Å². The Labute approximate surface area is 184 Å². The van der Waals surface area contributed by atoms with Gasteiger partial charge in [-0.05, 0) is 35.9 Å². The van der Waals surface area contributed by atoms with E-state index in [2.05, 4.69) is 22.5 Å². The first-order valence-corrected chi connectivity index (χ1v) is 10.2. The minimum atomic E-state index is -0.0773. The van der Waals surface area contributed by atoms with Gasteiger partial charge in [0.05, 0.1) is 21.8 Å². The average molecular weight is 437 g/mol. The van der Waals surface area contributed by atoms with Gasteiger partial charge in [0.1, 0.15) is 6.07 Å². The van der Waals surface area contributed by atoms with Gasteiger partial charge in [0, 0.05) is 48.3 Å². The lowest BCUT2D eigenvalue weighted by atomic mass is 10.0. The summed E-state index contributed by atoms with van der Waals surface area (Å²) >= 11 is 12.6. The Bertz CT molecular complexity index is 1180. The minimum absolute atomic E-state index is 0.0773. The fourth-order valence-electron chi connectivity index (χ4n) is 3.75. The van der Waals surface area contributed by atoms with E-state index in [1.807, 2.05) is 36.4 Å². The van der Waals surface area contributed by atoms with Crippen LogP contribution in [0.1, 0.15) is 5.56 Å². The highest BCUT2D eigenvalue weighted by Crippen LogP contribution is 2.37. The number of carbonyl (C=O) groups is 1. The number of anilines is 1. The average Bonchev–Trinajstić information content (AvgIpc) is 2.78. The van der Waals surface area contributed by atoms with E-state index < -0.39 is 0 Å². The number of rotatable bonds is 3. The number of hydrogen-bond donors (Lipinski definition) is 0. The molecule has 30 heavy (non-hydrogen) atoms. The third kappa shape index (κ3) is 3.72. The molecule has 2 heterocycles. The maximum absolute atomic E-state index is 11.9. The normalized spacial score (nSPS) is 13.9. The Balaban J connectivity index is 1.81. The van der Waals surface area contributed by atoms with Crippen LogP contribution in [0.5, 0.6) is 0 Å². The highest BCUT2D eigenvalue weighted by molar-refractivity contribution is 6.34. The fraction of sp³-hybridized carbons (Fsp3) is 0.174. The highest BCUT2D eigenvalue weighted by atomic mass is 35.5. The summed E-state index contributed by atoms with van der Waals surface area (Å²) < 4.78 is 0. The lowest BCUT2D eigenvalue weighted by molar-refractivity contribution is -0.126. The van der Waals surface area contributed by atoms with Crippen molar-refractivity contribution in [1.29, 1.82) is 5.26 Å².